The fourth-order valence-electron chi connectivity index (χ4n) is 1.28. The molecule has 0 saturated heterocycles. The van der Waals surface area contributed by atoms with Crippen LogP contribution in [0.1, 0.15) is 5.56 Å². The third-order valence-corrected chi connectivity index (χ3v) is 2.04. The Morgan fingerprint density at radius 1 is 0.733 bits per heavy atom. The molecule has 0 saturated carbocycles. The molecule has 2 nitrogen and oxygen atoms in total. The van der Waals surface area contributed by atoms with E-state index in [0.717, 1.165) is 5.69 Å². The van der Waals surface area contributed by atoms with Crippen LogP contribution < -0.4 is 0 Å². The minimum atomic E-state index is 0.635. The van der Waals surface area contributed by atoms with Gasteiger partial charge in [0, 0.05) is 0 Å². The Labute approximate surface area is 89.3 Å². The van der Waals surface area contributed by atoms with Crippen molar-refractivity contribution in [3.8, 4) is 0 Å². The van der Waals surface area contributed by atoms with E-state index in [9.17, 15) is 0 Å². The first-order valence-electron chi connectivity index (χ1n) is 4.91. The molecule has 0 aliphatic carbocycles. The summed E-state index contributed by atoms with van der Waals surface area (Å²) in [5, 5.41) is 8.26. The molecule has 0 bridgehead atoms. The third-order valence-electron chi connectivity index (χ3n) is 2.04. The fourth-order valence-corrected chi connectivity index (χ4v) is 1.28. The lowest BCUT2D eigenvalue weighted by atomic mass is 10.2. The minimum Gasteiger partial charge on any atom is -0.184 e. The normalized spacial score (nSPS) is 10.7. The van der Waals surface area contributed by atoms with Crippen molar-refractivity contribution in [1.82, 2.24) is 0 Å². The lowest BCUT2D eigenvalue weighted by Gasteiger charge is -1.93. The lowest BCUT2D eigenvalue weighted by molar-refractivity contribution is 0.959. The lowest BCUT2D eigenvalue weighted by Crippen LogP contribution is -1.77. The van der Waals surface area contributed by atoms with Crippen molar-refractivity contribution in [1.29, 1.82) is 0 Å². The highest BCUT2D eigenvalue weighted by molar-refractivity contribution is 5.34. The summed E-state index contributed by atoms with van der Waals surface area (Å²) >= 11 is 0. The number of azo groups is 1. The SMILES string of the molecule is c1ccc(C/N=N\c2ccccc2)cc1. The number of benzene rings is 2. The fraction of sp³-hybridized carbons (Fsp3) is 0.0769. The van der Waals surface area contributed by atoms with E-state index in [1.165, 1.54) is 5.56 Å². The topological polar surface area (TPSA) is 24.7 Å². The standard InChI is InChI=1S/C13H12N2/c1-3-7-12(8-4-1)11-14-15-13-9-5-2-6-10-13/h1-10H,11H2/b15-14-. The van der Waals surface area contributed by atoms with Crippen molar-refractivity contribution in [2.24, 2.45) is 10.2 Å². The smallest absolute Gasteiger partial charge is 0.0853 e. The van der Waals surface area contributed by atoms with E-state index in [1.807, 2.05) is 60.7 Å². The molecule has 2 aromatic rings. The molecular weight excluding hydrogens is 184 g/mol. The quantitative estimate of drug-likeness (QED) is 0.663. The van der Waals surface area contributed by atoms with Crippen molar-refractivity contribution in [3.05, 3.63) is 66.2 Å². The number of hydrogen-bond acceptors (Lipinski definition) is 2. The summed E-state index contributed by atoms with van der Waals surface area (Å²) in [6.45, 7) is 0.635. The molecule has 2 aromatic carbocycles. The predicted molar refractivity (Wildman–Crippen MR) is 61.1 cm³/mol. The summed E-state index contributed by atoms with van der Waals surface area (Å²) in [6, 6.07) is 19.9. The Bertz CT molecular complexity index is 421. The van der Waals surface area contributed by atoms with Crippen molar-refractivity contribution in [2.45, 2.75) is 6.54 Å². The van der Waals surface area contributed by atoms with Gasteiger partial charge in [0.25, 0.3) is 0 Å². The second-order valence-corrected chi connectivity index (χ2v) is 3.22. The van der Waals surface area contributed by atoms with Crippen LogP contribution in [0.4, 0.5) is 5.69 Å². The number of rotatable bonds is 3. The Balaban J connectivity index is 1.97. The highest BCUT2D eigenvalue weighted by Gasteiger charge is 1.88. The van der Waals surface area contributed by atoms with E-state index in [0.29, 0.717) is 6.54 Å². The van der Waals surface area contributed by atoms with Crippen LogP contribution in [0.5, 0.6) is 0 Å². The molecule has 74 valence electrons. The van der Waals surface area contributed by atoms with Crippen molar-refractivity contribution < 1.29 is 0 Å². The molecule has 0 aromatic heterocycles. The summed E-state index contributed by atoms with van der Waals surface area (Å²) in [5.41, 5.74) is 2.07. The first-order valence-corrected chi connectivity index (χ1v) is 4.91. The second kappa shape index (κ2) is 5.05. The van der Waals surface area contributed by atoms with E-state index in [2.05, 4.69) is 10.2 Å². The molecular formula is C13H12N2. The van der Waals surface area contributed by atoms with Gasteiger partial charge in [0.2, 0.25) is 0 Å². The van der Waals surface area contributed by atoms with Gasteiger partial charge < -0.3 is 0 Å². The Kier molecular flexibility index (Phi) is 3.23. The summed E-state index contributed by atoms with van der Waals surface area (Å²) < 4.78 is 0. The first-order chi connectivity index (χ1) is 7.45. The Morgan fingerprint density at radius 3 is 2.00 bits per heavy atom. The van der Waals surface area contributed by atoms with Crippen LogP contribution in [0.2, 0.25) is 0 Å². The summed E-state index contributed by atoms with van der Waals surface area (Å²) in [5.74, 6) is 0. The first kappa shape index (κ1) is 9.59. The third kappa shape index (κ3) is 3.02. The molecule has 0 amide bonds. The van der Waals surface area contributed by atoms with E-state index in [4.69, 9.17) is 0 Å². The zero-order chi connectivity index (χ0) is 10.3. The second-order valence-electron chi connectivity index (χ2n) is 3.22. The molecule has 2 rings (SSSR count). The molecule has 0 radical (unpaired) electrons. The Morgan fingerprint density at radius 2 is 1.33 bits per heavy atom. The molecule has 2 heteroatoms. The predicted octanol–water partition coefficient (Wildman–Crippen LogP) is 3.97. The molecule has 0 heterocycles. The van der Waals surface area contributed by atoms with Gasteiger partial charge in [-0.05, 0) is 17.7 Å². The van der Waals surface area contributed by atoms with Crippen LogP contribution in [0, 0.1) is 0 Å². The van der Waals surface area contributed by atoms with Crippen molar-refractivity contribution in [2.75, 3.05) is 0 Å². The zero-order valence-electron chi connectivity index (χ0n) is 8.38. The van der Waals surface area contributed by atoms with E-state index in [-0.39, 0.29) is 0 Å². The van der Waals surface area contributed by atoms with Gasteiger partial charge in [-0.25, -0.2) is 0 Å². The molecule has 0 unspecified atom stereocenters. The monoisotopic (exact) mass is 196 g/mol. The molecule has 0 N–H and O–H groups in total. The molecule has 0 aliphatic heterocycles. The Hall–Kier alpha value is -1.96. The van der Waals surface area contributed by atoms with Crippen LogP contribution >= 0.6 is 0 Å². The van der Waals surface area contributed by atoms with Crippen molar-refractivity contribution >= 4 is 5.69 Å². The summed E-state index contributed by atoms with van der Waals surface area (Å²) in [4.78, 5) is 0. The maximum atomic E-state index is 4.14. The van der Waals surface area contributed by atoms with Gasteiger partial charge in [-0.2, -0.15) is 10.2 Å². The summed E-state index contributed by atoms with van der Waals surface area (Å²) in [6.07, 6.45) is 0. The van der Waals surface area contributed by atoms with Crippen LogP contribution in [0.3, 0.4) is 0 Å². The van der Waals surface area contributed by atoms with Gasteiger partial charge >= 0.3 is 0 Å². The minimum absolute atomic E-state index is 0.635. The number of nitrogens with zero attached hydrogens (tertiary/aromatic N) is 2. The van der Waals surface area contributed by atoms with Gasteiger partial charge in [-0.15, -0.1) is 0 Å². The van der Waals surface area contributed by atoms with Gasteiger partial charge in [0.1, 0.15) is 0 Å². The average molecular weight is 196 g/mol. The number of hydrogen-bond donors (Lipinski definition) is 0. The van der Waals surface area contributed by atoms with E-state index in [1.54, 1.807) is 0 Å². The van der Waals surface area contributed by atoms with Crippen LogP contribution in [-0.4, -0.2) is 0 Å². The highest BCUT2D eigenvalue weighted by Crippen LogP contribution is 2.11. The van der Waals surface area contributed by atoms with Gasteiger partial charge in [-0.1, -0.05) is 48.5 Å². The molecule has 0 spiro atoms. The van der Waals surface area contributed by atoms with Crippen LogP contribution in [0.15, 0.2) is 70.9 Å². The summed E-state index contributed by atoms with van der Waals surface area (Å²) in [7, 11) is 0. The maximum Gasteiger partial charge on any atom is 0.0853 e. The van der Waals surface area contributed by atoms with Crippen LogP contribution in [-0.2, 0) is 6.54 Å². The molecule has 15 heavy (non-hydrogen) atoms. The van der Waals surface area contributed by atoms with E-state index >= 15 is 0 Å². The zero-order valence-corrected chi connectivity index (χ0v) is 8.38. The molecule has 0 aliphatic rings. The maximum absolute atomic E-state index is 4.14. The highest BCUT2D eigenvalue weighted by atomic mass is 15.1. The van der Waals surface area contributed by atoms with Crippen LogP contribution in [0.25, 0.3) is 0 Å². The van der Waals surface area contributed by atoms with Gasteiger partial charge in [0.05, 0.1) is 12.2 Å². The van der Waals surface area contributed by atoms with Gasteiger partial charge in [0.15, 0.2) is 0 Å². The molecule has 0 fully saturated rings. The van der Waals surface area contributed by atoms with Gasteiger partial charge in [-0.3, -0.25) is 0 Å². The molecule has 0 atom stereocenters. The largest absolute Gasteiger partial charge is 0.184 e. The van der Waals surface area contributed by atoms with E-state index < -0.39 is 0 Å². The van der Waals surface area contributed by atoms with Crippen molar-refractivity contribution in [3.63, 3.8) is 0 Å². The average Bonchev–Trinajstić information content (AvgIpc) is 2.32.